The van der Waals surface area contributed by atoms with Crippen LogP contribution in [-0.2, 0) is 25.7 Å². The summed E-state index contributed by atoms with van der Waals surface area (Å²) in [4.78, 5) is 44.0. The van der Waals surface area contributed by atoms with E-state index in [4.69, 9.17) is 9.47 Å². The number of nitrogens with zero attached hydrogens (tertiary/aromatic N) is 1. The van der Waals surface area contributed by atoms with E-state index in [-0.39, 0.29) is 23.8 Å². The summed E-state index contributed by atoms with van der Waals surface area (Å²) in [5, 5.41) is 8.12. The van der Waals surface area contributed by atoms with Gasteiger partial charge in [-0.3, -0.25) is 14.4 Å². The maximum atomic E-state index is 14.0. The molecule has 2 bridgehead atoms. The highest BCUT2D eigenvalue weighted by molar-refractivity contribution is 7.09. The van der Waals surface area contributed by atoms with Gasteiger partial charge in [0.25, 0.3) is 0 Å². The van der Waals surface area contributed by atoms with Crippen molar-refractivity contribution < 1.29 is 23.9 Å². The zero-order valence-corrected chi connectivity index (χ0v) is 21.5. The minimum Gasteiger partial charge on any atom is -0.497 e. The molecule has 3 fully saturated rings. The Morgan fingerprint density at radius 1 is 1.16 bits per heavy atom. The lowest BCUT2D eigenvalue weighted by molar-refractivity contribution is -0.142. The molecule has 4 heterocycles. The number of rotatable bonds is 7. The number of fused-ring (bicyclic) bond motifs is 1. The summed E-state index contributed by atoms with van der Waals surface area (Å²) in [6, 6.07) is 10.3. The number of hydrogen-bond acceptors (Lipinski definition) is 6. The molecule has 2 saturated heterocycles. The summed E-state index contributed by atoms with van der Waals surface area (Å²) in [7, 11) is 1.57. The second-order valence-corrected chi connectivity index (χ2v) is 11.3. The summed E-state index contributed by atoms with van der Waals surface area (Å²) in [5.41, 5.74) is -0.577. The van der Waals surface area contributed by atoms with Crippen molar-refractivity contribution >= 4 is 34.7 Å². The van der Waals surface area contributed by atoms with Crippen molar-refractivity contribution in [3.8, 4) is 5.75 Å². The van der Waals surface area contributed by atoms with Crippen LogP contribution in [0, 0.1) is 11.8 Å². The first-order valence-electron chi connectivity index (χ1n) is 13.0. The molecule has 37 heavy (non-hydrogen) atoms. The smallest absolute Gasteiger partial charge is 0.246 e. The van der Waals surface area contributed by atoms with Crippen molar-refractivity contribution in [3.05, 3.63) is 58.8 Å². The SMILES string of the molecule is COc1cccc(NC(=O)C2C3C=CC4(O3)C2C(=O)N(Cc2cccs2)C4C(=O)NC2CCCCC2)c1. The van der Waals surface area contributed by atoms with E-state index in [1.807, 2.05) is 29.7 Å². The van der Waals surface area contributed by atoms with Crippen LogP contribution in [0.25, 0.3) is 0 Å². The Balaban J connectivity index is 1.31. The summed E-state index contributed by atoms with van der Waals surface area (Å²) in [5.74, 6) is -1.59. The Hall–Kier alpha value is -3.17. The van der Waals surface area contributed by atoms with E-state index in [1.165, 1.54) is 6.42 Å². The fourth-order valence-electron chi connectivity index (χ4n) is 6.46. The van der Waals surface area contributed by atoms with Gasteiger partial charge in [0.2, 0.25) is 17.7 Å². The quantitative estimate of drug-likeness (QED) is 0.544. The molecule has 1 aromatic carbocycles. The molecule has 2 N–H and O–H groups in total. The van der Waals surface area contributed by atoms with Crippen molar-refractivity contribution in [3.63, 3.8) is 0 Å². The summed E-state index contributed by atoms with van der Waals surface area (Å²) < 4.78 is 11.7. The molecular weight excluding hydrogens is 490 g/mol. The molecule has 3 amide bonds. The lowest BCUT2D eigenvalue weighted by Crippen LogP contribution is -2.56. The Morgan fingerprint density at radius 3 is 2.76 bits per heavy atom. The topological polar surface area (TPSA) is 97.0 Å². The van der Waals surface area contributed by atoms with Gasteiger partial charge in [-0.1, -0.05) is 43.5 Å². The van der Waals surface area contributed by atoms with Crippen LogP contribution in [0.15, 0.2) is 53.9 Å². The Kier molecular flexibility index (Phi) is 6.28. The largest absolute Gasteiger partial charge is 0.497 e. The first-order chi connectivity index (χ1) is 18.0. The molecule has 5 atom stereocenters. The molecule has 2 aromatic rings. The number of amides is 3. The van der Waals surface area contributed by atoms with Gasteiger partial charge in [-0.2, -0.15) is 0 Å². The number of thiophene rings is 1. The molecule has 5 unspecified atom stereocenters. The summed E-state index contributed by atoms with van der Waals surface area (Å²) in [6.07, 6.45) is 8.39. The molecule has 1 spiro atoms. The number of carbonyl (C=O) groups is 3. The fraction of sp³-hybridized carbons (Fsp3) is 0.464. The monoisotopic (exact) mass is 521 g/mol. The molecule has 1 saturated carbocycles. The fourth-order valence-corrected chi connectivity index (χ4v) is 7.16. The predicted molar refractivity (Wildman–Crippen MR) is 139 cm³/mol. The van der Waals surface area contributed by atoms with Crippen LogP contribution >= 0.6 is 11.3 Å². The van der Waals surface area contributed by atoms with E-state index in [9.17, 15) is 14.4 Å². The second kappa shape index (κ2) is 9.61. The van der Waals surface area contributed by atoms with Gasteiger partial charge in [-0.15, -0.1) is 11.3 Å². The molecule has 0 radical (unpaired) electrons. The first-order valence-corrected chi connectivity index (χ1v) is 13.8. The van der Waals surface area contributed by atoms with Crippen molar-refractivity contribution in [2.24, 2.45) is 11.8 Å². The molecular formula is C28H31N3O5S. The maximum absolute atomic E-state index is 14.0. The normalized spacial score (nSPS) is 30.4. The van der Waals surface area contributed by atoms with Crippen LogP contribution in [0.3, 0.4) is 0 Å². The van der Waals surface area contributed by atoms with Gasteiger partial charge in [0.1, 0.15) is 17.4 Å². The number of carbonyl (C=O) groups excluding carboxylic acids is 3. The predicted octanol–water partition coefficient (Wildman–Crippen LogP) is 3.49. The number of hydrogen-bond donors (Lipinski definition) is 2. The average molecular weight is 522 g/mol. The molecule has 6 rings (SSSR count). The number of nitrogens with one attached hydrogen (secondary N) is 2. The van der Waals surface area contributed by atoms with Gasteiger partial charge < -0.3 is 25.0 Å². The summed E-state index contributed by atoms with van der Waals surface area (Å²) >= 11 is 1.54. The zero-order valence-electron chi connectivity index (χ0n) is 20.7. The van der Waals surface area contributed by atoms with Crippen LogP contribution in [0.2, 0.25) is 0 Å². The minimum atomic E-state index is -1.16. The zero-order chi connectivity index (χ0) is 25.6. The van der Waals surface area contributed by atoms with Crippen LogP contribution in [-0.4, -0.2) is 53.5 Å². The van der Waals surface area contributed by atoms with Crippen LogP contribution in [0.5, 0.6) is 5.75 Å². The lowest BCUT2D eigenvalue weighted by Gasteiger charge is -2.34. The molecule has 4 aliphatic rings. The number of ether oxygens (including phenoxy) is 2. The third kappa shape index (κ3) is 4.14. The van der Waals surface area contributed by atoms with E-state index in [0.29, 0.717) is 18.0 Å². The molecule has 3 aliphatic heterocycles. The van der Waals surface area contributed by atoms with Crippen molar-refractivity contribution in [1.82, 2.24) is 10.2 Å². The Morgan fingerprint density at radius 2 is 2.00 bits per heavy atom. The highest BCUT2D eigenvalue weighted by Crippen LogP contribution is 2.55. The van der Waals surface area contributed by atoms with Gasteiger partial charge in [0.15, 0.2) is 0 Å². The van der Waals surface area contributed by atoms with Gasteiger partial charge in [0.05, 0.1) is 31.6 Å². The third-order valence-corrected chi connectivity index (χ3v) is 8.98. The number of likely N-dealkylation sites (tertiary alicyclic amines) is 1. The van der Waals surface area contributed by atoms with E-state index < -0.39 is 29.6 Å². The van der Waals surface area contributed by atoms with Crippen molar-refractivity contribution in [1.29, 1.82) is 0 Å². The highest BCUT2D eigenvalue weighted by Gasteiger charge is 2.72. The molecule has 194 valence electrons. The van der Waals surface area contributed by atoms with Gasteiger partial charge in [-0.05, 0) is 36.4 Å². The standard InChI is InChI=1S/C28H31N3O5S/c1-35-19-10-5-9-18(15-19)30-25(32)22-21-12-13-28(36-21)23(22)27(34)31(16-20-11-6-14-37-20)24(28)26(33)29-17-7-3-2-4-8-17/h5-6,9-15,17,21-24H,2-4,7-8,16H2,1H3,(H,29,33)(H,30,32). The molecule has 9 heteroatoms. The Labute approximate surface area is 220 Å². The highest BCUT2D eigenvalue weighted by atomic mass is 32.1. The molecule has 1 aromatic heterocycles. The maximum Gasteiger partial charge on any atom is 0.246 e. The van der Waals surface area contributed by atoms with Crippen LogP contribution in [0.4, 0.5) is 5.69 Å². The minimum absolute atomic E-state index is 0.102. The third-order valence-electron chi connectivity index (χ3n) is 8.12. The number of methoxy groups -OCH3 is 1. The van der Waals surface area contributed by atoms with E-state index >= 15 is 0 Å². The molecule has 1 aliphatic carbocycles. The van der Waals surface area contributed by atoms with Crippen molar-refractivity contribution in [2.45, 2.75) is 62.4 Å². The van der Waals surface area contributed by atoms with Gasteiger partial charge in [0, 0.05) is 22.7 Å². The summed E-state index contributed by atoms with van der Waals surface area (Å²) in [6.45, 7) is 0.309. The van der Waals surface area contributed by atoms with Gasteiger partial charge >= 0.3 is 0 Å². The first kappa shape index (κ1) is 24.2. The van der Waals surface area contributed by atoms with E-state index in [2.05, 4.69) is 10.6 Å². The average Bonchev–Trinajstić information content (AvgIpc) is 3.68. The molecule has 8 nitrogen and oxygen atoms in total. The number of anilines is 1. The van der Waals surface area contributed by atoms with E-state index in [0.717, 1.165) is 30.6 Å². The van der Waals surface area contributed by atoms with Gasteiger partial charge in [-0.25, -0.2) is 0 Å². The lowest BCUT2D eigenvalue weighted by atomic mass is 9.74. The van der Waals surface area contributed by atoms with Crippen LogP contribution < -0.4 is 15.4 Å². The van der Waals surface area contributed by atoms with E-state index in [1.54, 1.807) is 47.6 Å². The number of benzene rings is 1. The Bertz CT molecular complexity index is 1220. The van der Waals surface area contributed by atoms with Crippen LogP contribution in [0.1, 0.15) is 37.0 Å². The van der Waals surface area contributed by atoms with Crippen molar-refractivity contribution in [2.75, 3.05) is 12.4 Å². The second-order valence-electron chi connectivity index (χ2n) is 10.3.